The number of hydrogen-bond donors (Lipinski definition) is 1. The van der Waals surface area contributed by atoms with Gasteiger partial charge in [-0.05, 0) is 24.6 Å². The van der Waals surface area contributed by atoms with E-state index in [4.69, 9.17) is 16.3 Å². The molecule has 0 spiro atoms. The number of ether oxygens (including phenoxy) is 1. The first-order valence-electron chi connectivity index (χ1n) is 7.39. The van der Waals surface area contributed by atoms with Gasteiger partial charge in [0.05, 0.1) is 13.2 Å². The van der Waals surface area contributed by atoms with Crippen LogP contribution in [0.1, 0.15) is 18.5 Å². The quantitative estimate of drug-likeness (QED) is 0.938. The van der Waals surface area contributed by atoms with E-state index in [0.717, 1.165) is 48.5 Å². The van der Waals surface area contributed by atoms with Crippen LogP contribution in [0.4, 0.5) is 11.6 Å². The highest BCUT2D eigenvalue weighted by molar-refractivity contribution is 6.30. The van der Waals surface area contributed by atoms with Crippen LogP contribution in [-0.4, -0.2) is 36.3 Å². The van der Waals surface area contributed by atoms with Crippen LogP contribution in [0.2, 0.25) is 5.02 Å². The number of rotatable bonds is 4. The Balaban J connectivity index is 1.72. The summed E-state index contributed by atoms with van der Waals surface area (Å²) in [5.74, 6) is 1.74. The predicted octanol–water partition coefficient (Wildman–Crippen LogP) is 3.14. The summed E-state index contributed by atoms with van der Waals surface area (Å²) >= 11 is 6.05. The van der Waals surface area contributed by atoms with Crippen molar-refractivity contribution in [3.05, 3.63) is 47.2 Å². The summed E-state index contributed by atoms with van der Waals surface area (Å²) in [6.07, 6.45) is 1.60. The van der Waals surface area contributed by atoms with E-state index in [1.807, 2.05) is 30.3 Å². The molecule has 0 bridgehead atoms. The van der Waals surface area contributed by atoms with Gasteiger partial charge in [0.25, 0.3) is 0 Å². The van der Waals surface area contributed by atoms with E-state index < -0.39 is 0 Å². The van der Waals surface area contributed by atoms with Crippen LogP contribution in [0.15, 0.2) is 36.7 Å². The number of benzene rings is 1. The van der Waals surface area contributed by atoms with Gasteiger partial charge in [-0.3, -0.25) is 0 Å². The maximum absolute atomic E-state index is 6.05. The van der Waals surface area contributed by atoms with E-state index in [1.54, 1.807) is 6.33 Å². The van der Waals surface area contributed by atoms with Gasteiger partial charge in [-0.25, -0.2) is 9.97 Å². The normalized spacial score (nSPS) is 16.4. The number of halogens is 1. The summed E-state index contributed by atoms with van der Waals surface area (Å²) in [6, 6.07) is 9.93. The number of nitrogens with zero attached hydrogens (tertiary/aromatic N) is 3. The zero-order valence-electron chi connectivity index (χ0n) is 12.5. The van der Waals surface area contributed by atoms with Gasteiger partial charge < -0.3 is 15.0 Å². The number of aromatic nitrogens is 2. The van der Waals surface area contributed by atoms with Crippen molar-refractivity contribution in [2.24, 2.45) is 0 Å². The van der Waals surface area contributed by atoms with Crippen molar-refractivity contribution >= 4 is 23.2 Å². The fourth-order valence-corrected chi connectivity index (χ4v) is 2.67. The van der Waals surface area contributed by atoms with Gasteiger partial charge in [0.15, 0.2) is 0 Å². The SMILES string of the molecule is C[C@@H](Nc1cc(N2CCOCC2)ncn1)c1cccc(Cl)c1. The molecule has 0 unspecified atom stereocenters. The maximum Gasteiger partial charge on any atom is 0.134 e. The Morgan fingerprint density at radius 1 is 1.23 bits per heavy atom. The molecule has 5 nitrogen and oxygen atoms in total. The first-order chi connectivity index (χ1) is 10.7. The molecule has 1 atom stereocenters. The van der Waals surface area contributed by atoms with Crippen molar-refractivity contribution in [1.82, 2.24) is 9.97 Å². The third-order valence-corrected chi connectivity index (χ3v) is 3.94. The Labute approximate surface area is 135 Å². The topological polar surface area (TPSA) is 50.3 Å². The molecule has 2 aromatic rings. The summed E-state index contributed by atoms with van der Waals surface area (Å²) in [6.45, 7) is 5.29. The van der Waals surface area contributed by atoms with Crippen LogP contribution in [0, 0.1) is 0 Å². The lowest BCUT2D eigenvalue weighted by Crippen LogP contribution is -2.36. The molecule has 1 aromatic heterocycles. The second kappa shape index (κ2) is 6.94. The molecule has 1 aromatic carbocycles. The number of hydrogen-bond acceptors (Lipinski definition) is 5. The van der Waals surface area contributed by atoms with E-state index in [9.17, 15) is 0 Å². The van der Waals surface area contributed by atoms with E-state index in [-0.39, 0.29) is 6.04 Å². The number of anilines is 2. The Morgan fingerprint density at radius 3 is 2.82 bits per heavy atom. The molecule has 2 heterocycles. The molecule has 116 valence electrons. The first-order valence-corrected chi connectivity index (χ1v) is 7.77. The van der Waals surface area contributed by atoms with Crippen LogP contribution in [-0.2, 0) is 4.74 Å². The molecule has 1 aliphatic rings. The average Bonchev–Trinajstić information content (AvgIpc) is 2.56. The van der Waals surface area contributed by atoms with Crippen molar-refractivity contribution in [1.29, 1.82) is 0 Å². The molecule has 0 radical (unpaired) electrons. The van der Waals surface area contributed by atoms with Gasteiger partial charge in [0, 0.05) is 30.2 Å². The zero-order chi connectivity index (χ0) is 15.4. The molecule has 6 heteroatoms. The minimum absolute atomic E-state index is 0.117. The third kappa shape index (κ3) is 3.67. The molecule has 0 aliphatic carbocycles. The Hall–Kier alpha value is -1.85. The fraction of sp³-hybridized carbons (Fsp3) is 0.375. The smallest absolute Gasteiger partial charge is 0.134 e. The van der Waals surface area contributed by atoms with Crippen molar-refractivity contribution in [3.8, 4) is 0 Å². The minimum atomic E-state index is 0.117. The van der Waals surface area contributed by atoms with E-state index in [2.05, 4.69) is 27.1 Å². The Bertz CT molecular complexity index is 631. The maximum atomic E-state index is 6.05. The molecule has 0 amide bonds. The average molecular weight is 319 g/mol. The Morgan fingerprint density at radius 2 is 2.05 bits per heavy atom. The van der Waals surface area contributed by atoms with Gasteiger partial charge in [0.2, 0.25) is 0 Å². The number of nitrogens with one attached hydrogen (secondary N) is 1. The summed E-state index contributed by atoms with van der Waals surface area (Å²) in [7, 11) is 0. The van der Waals surface area contributed by atoms with Crippen molar-refractivity contribution in [2.75, 3.05) is 36.5 Å². The van der Waals surface area contributed by atoms with Gasteiger partial charge in [0.1, 0.15) is 18.0 Å². The minimum Gasteiger partial charge on any atom is -0.378 e. The zero-order valence-corrected chi connectivity index (χ0v) is 13.3. The predicted molar refractivity (Wildman–Crippen MR) is 88.6 cm³/mol. The van der Waals surface area contributed by atoms with E-state index >= 15 is 0 Å². The summed E-state index contributed by atoms with van der Waals surface area (Å²) in [4.78, 5) is 10.9. The molecule has 1 N–H and O–H groups in total. The first kappa shape index (κ1) is 15.1. The number of morpholine rings is 1. The molecule has 1 saturated heterocycles. The van der Waals surface area contributed by atoms with E-state index in [0.29, 0.717) is 0 Å². The third-order valence-electron chi connectivity index (χ3n) is 3.70. The highest BCUT2D eigenvalue weighted by atomic mass is 35.5. The second-order valence-corrected chi connectivity index (χ2v) is 5.72. The van der Waals surface area contributed by atoms with Gasteiger partial charge in [-0.15, -0.1) is 0 Å². The summed E-state index contributed by atoms with van der Waals surface area (Å²) < 4.78 is 5.37. The largest absolute Gasteiger partial charge is 0.378 e. The summed E-state index contributed by atoms with van der Waals surface area (Å²) in [5, 5.41) is 4.14. The standard InChI is InChI=1S/C16H19ClN4O/c1-12(13-3-2-4-14(17)9-13)20-15-10-16(19-11-18-15)21-5-7-22-8-6-21/h2-4,9-12H,5-8H2,1H3,(H,18,19,20)/t12-/m1/s1. The Kier molecular flexibility index (Phi) is 4.75. The molecule has 22 heavy (non-hydrogen) atoms. The monoisotopic (exact) mass is 318 g/mol. The van der Waals surface area contributed by atoms with Crippen LogP contribution in [0.5, 0.6) is 0 Å². The van der Waals surface area contributed by atoms with Crippen molar-refractivity contribution < 1.29 is 4.74 Å². The van der Waals surface area contributed by atoms with Gasteiger partial charge in [-0.1, -0.05) is 23.7 Å². The van der Waals surface area contributed by atoms with Crippen LogP contribution in [0.25, 0.3) is 0 Å². The van der Waals surface area contributed by atoms with Gasteiger partial charge >= 0.3 is 0 Å². The lowest BCUT2D eigenvalue weighted by molar-refractivity contribution is 0.122. The van der Waals surface area contributed by atoms with Crippen LogP contribution >= 0.6 is 11.6 Å². The molecule has 3 rings (SSSR count). The molecule has 1 aliphatic heterocycles. The second-order valence-electron chi connectivity index (χ2n) is 5.28. The van der Waals surface area contributed by atoms with Crippen molar-refractivity contribution in [2.45, 2.75) is 13.0 Å². The molecular weight excluding hydrogens is 300 g/mol. The molecular formula is C16H19ClN4O. The van der Waals surface area contributed by atoms with Crippen LogP contribution < -0.4 is 10.2 Å². The van der Waals surface area contributed by atoms with Gasteiger partial charge in [-0.2, -0.15) is 0 Å². The fourth-order valence-electron chi connectivity index (χ4n) is 2.47. The lowest BCUT2D eigenvalue weighted by Gasteiger charge is -2.28. The molecule has 0 saturated carbocycles. The highest BCUT2D eigenvalue weighted by Gasteiger charge is 2.14. The highest BCUT2D eigenvalue weighted by Crippen LogP contribution is 2.22. The van der Waals surface area contributed by atoms with E-state index in [1.165, 1.54) is 0 Å². The molecule has 1 fully saturated rings. The van der Waals surface area contributed by atoms with Crippen molar-refractivity contribution in [3.63, 3.8) is 0 Å². The van der Waals surface area contributed by atoms with Crippen LogP contribution in [0.3, 0.4) is 0 Å². The lowest BCUT2D eigenvalue weighted by atomic mass is 10.1. The summed E-state index contributed by atoms with van der Waals surface area (Å²) in [5.41, 5.74) is 1.12.